The van der Waals surface area contributed by atoms with E-state index >= 15 is 0 Å². The Kier molecular flexibility index (Phi) is 4.61. The molecule has 1 aromatic heterocycles. The summed E-state index contributed by atoms with van der Waals surface area (Å²) in [5, 5.41) is 0. The molecule has 2 aromatic rings. The average Bonchev–Trinajstić information content (AvgIpc) is 2.41. The van der Waals surface area contributed by atoms with Crippen molar-refractivity contribution < 1.29 is 4.39 Å². The summed E-state index contributed by atoms with van der Waals surface area (Å²) in [4.78, 5) is 8.53. The third-order valence-electron chi connectivity index (χ3n) is 3.06. The molecule has 0 unspecified atom stereocenters. The van der Waals surface area contributed by atoms with Crippen molar-refractivity contribution in [2.75, 3.05) is 0 Å². The first-order valence-electron chi connectivity index (χ1n) is 6.84. The number of rotatable bonds is 5. The maximum absolute atomic E-state index is 14.1. The fourth-order valence-electron chi connectivity index (χ4n) is 2.08. The standard InChI is InChI=1S/C16H19FN2/c1-3-5-12-7-8-14(15(17)9-12)13-10-18-16(6-4-2)19-11-13/h7-11H,3-6H2,1-2H3. The number of aromatic nitrogens is 2. The van der Waals surface area contributed by atoms with Crippen LogP contribution in [0.2, 0.25) is 0 Å². The monoisotopic (exact) mass is 258 g/mol. The Labute approximate surface area is 113 Å². The highest BCUT2D eigenvalue weighted by Gasteiger charge is 2.07. The second kappa shape index (κ2) is 6.41. The number of hydrogen-bond donors (Lipinski definition) is 0. The van der Waals surface area contributed by atoms with Crippen LogP contribution in [0.4, 0.5) is 4.39 Å². The van der Waals surface area contributed by atoms with Crippen molar-refractivity contribution in [3.05, 3.63) is 47.8 Å². The van der Waals surface area contributed by atoms with E-state index in [1.165, 1.54) is 0 Å². The molecule has 0 fully saturated rings. The molecule has 100 valence electrons. The summed E-state index contributed by atoms with van der Waals surface area (Å²) >= 11 is 0. The van der Waals surface area contributed by atoms with Gasteiger partial charge in [-0.3, -0.25) is 0 Å². The molecule has 0 N–H and O–H groups in total. The Hall–Kier alpha value is -1.77. The van der Waals surface area contributed by atoms with Crippen molar-refractivity contribution in [1.29, 1.82) is 0 Å². The molecule has 1 heterocycles. The molecule has 0 saturated heterocycles. The van der Waals surface area contributed by atoms with E-state index in [4.69, 9.17) is 0 Å². The molecule has 0 aliphatic carbocycles. The van der Waals surface area contributed by atoms with Gasteiger partial charge in [-0.05, 0) is 24.5 Å². The summed E-state index contributed by atoms with van der Waals surface area (Å²) in [7, 11) is 0. The molecule has 0 saturated carbocycles. The van der Waals surface area contributed by atoms with E-state index in [2.05, 4.69) is 23.8 Å². The van der Waals surface area contributed by atoms with E-state index in [0.29, 0.717) is 5.56 Å². The summed E-state index contributed by atoms with van der Waals surface area (Å²) in [6.07, 6.45) is 7.21. The summed E-state index contributed by atoms with van der Waals surface area (Å²) in [5.74, 6) is 0.618. The fourth-order valence-corrected chi connectivity index (χ4v) is 2.08. The smallest absolute Gasteiger partial charge is 0.131 e. The number of hydrogen-bond acceptors (Lipinski definition) is 2. The maximum atomic E-state index is 14.1. The Bertz CT molecular complexity index is 535. The lowest BCUT2D eigenvalue weighted by molar-refractivity contribution is 0.628. The van der Waals surface area contributed by atoms with E-state index in [-0.39, 0.29) is 5.82 Å². The Morgan fingerprint density at radius 1 is 1.00 bits per heavy atom. The van der Waals surface area contributed by atoms with Crippen molar-refractivity contribution in [3.63, 3.8) is 0 Å². The quantitative estimate of drug-likeness (QED) is 0.803. The van der Waals surface area contributed by atoms with Gasteiger partial charge < -0.3 is 0 Å². The normalized spacial score (nSPS) is 10.7. The zero-order chi connectivity index (χ0) is 13.7. The molecular weight excluding hydrogens is 239 g/mol. The predicted octanol–water partition coefficient (Wildman–Crippen LogP) is 4.19. The lowest BCUT2D eigenvalue weighted by atomic mass is 10.0. The van der Waals surface area contributed by atoms with Gasteiger partial charge in [0.25, 0.3) is 0 Å². The van der Waals surface area contributed by atoms with E-state index < -0.39 is 0 Å². The van der Waals surface area contributed by atoms with Gasteiger partial charge in [0.05, 0.1) is 0 Å². The van der Waals surface area contributed by atoms with Gasteiger partial charge in [0, 0.05) is 29.9 Å². The Morgan fingerprint density at radius 3 is 2.26 bits per heavy atom. The van der Waals surface area contributed by atoms with E-state index in [1.54, 1.807) is 18.5 Å². The lowest BCUT2D eigenvalue weighted by Crippen LogP contribution is -1.95. The minimum Gasteiger partial charge on any atom is -0.241 e. The molecule has 0 aliphatic rings. The second-order valence-electron chi connectivity index (χ2n) is 4.70. The van der Waals surface area contributed by atoms with Gasteiger partial charge in [-0.25, -0.2) is 14.4 Å². The van der Waals surface area contributed by atoms with Crippen LogP contribution in [0.15, 0.2) is 30.6 Å². The zero-order valence-corrected chi connectivity index (χ0v) is 11.5. The van der Waals surface area contributed by atoms with Gasteiger partial charge in [-0.1, -0.05) is 32.4 Å². The van der Waals surface area contributed by atoms with Gasteiger partial charge in [0.15, 0.2) is 0 Å². The predicted molar refractivity (Wildman–Crippen MR) is 75.4 cm³/mol. The molecule has 3 heteroatoms. The van der Waals surface area contributed by atoms with Crippen molar-refractivity contribution in [1.82, 2.24) is 9.97 Å². The number of benzene rings is 1. The molecule has 0 radical (unpaired) electrons. The molecule has 0 atom stereocenters. The summed E-state index contributed by atoms with van der Waals surface area (Å²) in [6, 6.07) is 5.40. The first-order chi connectivity index (χ1) is 9.24. The van der Waals surface area contributed by atoms with Crippen LogP contribution in [0.3, 0.4) is 0 Å². The van der Waals surface area contributed by atoms with Gasteiger partial charge in [0.1, 0.15) is 11.6 Å². The summed E-state index contributed by atoms with van der Waals surface area (Å²) in [6.45, 7) is 4.18. The minimum atomic E-state index is -0.196. The molecule has 0 aliphatic heterocycles. The lowest BCUT2D eigenvalue weighted by Gasteiger charge is -2.06. The Morgan fingerprint density at radius 2 is 1.68 bits per heavy atom. The maximum Gasteiger partial charge on any atom is 0.131 e. The van der Waals surface area contributed by atoms with Crippen LogP contribution in [-0.2, 0) is 12.8 Å². The van der Waals surface area contributed by atoms with Gasteiger partial charge >= 0.3 is 0 Å². The molecule has 0 spiro atoms. The van der Waals surface area contributed by atoms with Crippen LogP contribution in [0.5, 0.6) is 0 Å². The van der Waals surface area contributed by atoms with Crippen molar-refractivity contribution in [3.8, 4) is 11.1 Å². The van der Waals surface area contributed by atoms with E-state index in [1.807, 2.05) is 12.1 Å². The largest absolute Gasteiger partial charge is 0.241 e. The van der Waals surface area contributed by atoms with Crippen LogP contribution in [-0.4, -0.2) is 9.97 Å². The van der Waals surface area contributed by atoms with Gasteiger partial charge in [-0.15, -0.1) is 0 Å². The van der Waals surface area contributed by atoms with Crippen molar-refractivity contribution in [2.24, 2.45) is 0 Å². The highest BCUT2D eigenvalue weighted by atomic mass is 19.1. The van der Waals surface area contributed by atoms with Crippen molar-refractivity contribution in [2.45, 2.75) is 39.5 Å². The van der Waals surface area contributed by atoms with Crippen LogP contribution < -0.4 is 0 Å². The number of aryl methyl sites for hydroxylation is 2. The van der Waals surface area contributed by atoms with E-state index in [0.717, 1.165) is 42.6 Å². The third-order valence-corrected chi connectivity index (χ3v) is 3.06. The SMILES string of the molecule is CCCc1ccc(-c2cnc(CCC)nc2)c(F)c1. The minimum absolute atomic E-state index is 0.196. The first kappa shape index (κ1) is 13.7. The molecule has 0 amide bonds. The molecule has 1 aromatic carbocycles. The van der Waals surface area contributed by atoms with Gasteiger partial charge in [-0.2, -0.15) is 0 Å². The summed E-state index contributed by atoms with van der Waals surface area (Å²) < 4.78 is 14.1. The topological polar surface area (TPSA) is 25.8 Å². The molecule has 19 heavy (non-hydrogen) atoms. The first-order valence-corrected chi connectivity index (χ1v) is 6.84. The zero-order valence-electron chi connectivity index (χ0n) is 11.5. The Balaban J connectivity index is 2.25. The van der Waals surface area contributed by atoms with E-state index in [9.17, 15) is 4.39 Å². The molecule has 0 bridgehead atoms. The highest BCUT2D eigenvalue weighted by Crippen LogP contribution is 2.23. The molecule has 2 nitrogen and oxygen atoms in total. The van der Waals surface area contributed by atoms with Crippen LogP contribution >= 0.6 is 0 Å². The second-order valence-corrected chi connectivity index (χ2v) is 4.70. The number of nitrogens with zero attached hydrogens (tertiary/aromatic N) is 2. The van der Waals surface area contributed by atoms with Crippen LogP contribution in [0.25, 0.3) is 11.1 Å². The third kappa shape index (κ3) is 3.37. The number of halogens is 1. The van der Waals surface area contributed by atoms with Gasteiger partial charge in [0.2, 0.25) is 0 Å². The van der Waals surface area contributed by atoms with Crippen LogP contribution in [0.1, 0.15) is 38.1 Å². The van der Waals surface area contributed by atoms with Crippen molar-refractivity contribution >= 4 is 0 Å². The van der Waals surface area contributed by atoms with Crippen LogP contribution in [0, 0.1) is 5.82 Å². The molecule has 2 rings (SSSR count). The highest BCUT2D eigenvalue weighted by molar-refractivity contribution is 5.62. The summed E-state index contributed by atoms with van der Waals surface area (Å²) in [5.41, 5.74) is 2.34. The molecular formula is C16H19FN2. The fraction of sp³-hybridized carbons (Fsp3) is 0.375. The average molecular weight is 258 g/mol.